The van der Waals surface area contributed by atoms with Crippen LogP contribution in [0.25, 0.3) is 11.0 Å². The summed E-state index contributed by atoms with van der Waals surface area (Å²) in [5.74, 6) is -0.211. The average Bonchev–Trinajstić information content (AvgIpc) is 2.91. The largest absolute Gasteiger partial charge is 0.451 e. The Kier molecular flexibility index (Phi) is 4.76. The Balaban J connectivity index is 1.84. The molecule has 0 aliphatic heterocycles. The van der Waals surface area contributed by atoms with E-state index >= 15 is 0 Å². The van der Waals surface area contributed by atoms with Crippen molar-refractivity contribution in [3.8, 4) is 0 Å². The van der Waals surface area contributed by atoms with Gasteiger partial charge in [0.1, 0.15) is 5.58 Å². The SMILES string of the molecule is CCC(=O)Nc1cccc(NC(=O)c2oc3ccc(Cl)cc3c2C)c1. The fraction of sp³-hybridized carbons (Fsp3) is 0.158. The van der Waals surface area contributed by atoms with Crippen LogP contribution in [0.2, 0.25) is 5.02 Å². The molecule has 0 fully saturated rings. The van der Waals surface area contributed by atoms with Gasteiger partial charge in [0.05, 0.1) is 0 Å². The molecule has 1 aromatic heterocycles. The molecule has 5 nitrogen and oxygen atoms in total. The predicted molar refractivity (Wildman–Crippen MR) is 99.3 cm³/mol. The minimum Gasteiger partial charge on any atom is -0.451 e. The number of aryl methyl sites for hydroxylation is 1. The van der Waals surface area contributed by atoms with E-state index in [1.165, 1.54) is 0 Å². The van der Waals surface area contributed by atoms with Gasteiger partial charge in [0.25, 0.3) is 5.91 Å². The van der Waals surface area contributed by atoms with Crippen LogP contribution < -0.4 is 10.6 Å². The number of hydrogen-bond donors (Lipinski definition) is 2. The summed E-state index contributed by atoms with van der Waals surface area (Å²) in [7, 11) is 0. The Morgan fingerprint density at radius 2 is 1.80 bits per heavy atom. The van der Waals surface area contributed by atoms with Crippen LogP contribution in [0, 0.1) is 6.92 Å². The first-order valence-electron chi connectivity index (χ1n) is 7.88. The molecule has 2 aromatic carbocycles. The molecule has 0 spiro atoms. The highest BCUT2D eigenvalue weighted by atomic mass is 35.5. The highest BCUT2D eigenvalue weighted by Crippen LogP contribution is 2.28. The zero-order valence-corrected chi connectivity index (χ0v) is 14.6. The normalized spacial score (nSPS) is 10.7. The van der Waals surface area contributed by atoms with Gasteiger partial charge in [-0.25, -0.2) is 0 Å². The lowest BCUT2D eigenvalue weighted by atomic mass is 10.1. The first-order valence-corrected chi connectivity index (χ1v) is 8.25. The molecule has 0 aliphatic carbocycles. The van der Waals surface area contributed by atoms with E-state index in [0.717, 1.165) is 10.9 Å². The molecule has 0 unspecified atom stereocenters. The van der Waals surface area contributed by atoms with Crippen molar-refractivity contribution in [2.45, 2.75) is 20.3 Å². The number of amides is 2. The smallest absolute Gasteiger partial charge is 0.291 e. The standard InChI is InChI=1S/C19H17ClN2O3/c1-3-17(23)21-13-5-4-6-14(10-13)22-19(24)18-11(2)15-9-12(20)7-8-16(15)25-18/h4-10H,3H2,1-2H3,(H,21,23)(H,22,24). The van der Waals surface area contributed by atoms with Crippen molar-refractivity contribution < 1.29 is 14.0 Å². The van der Waals surface area contributed by atoms with E-state index in [-0.39, 0.29) is 17.6 Å². The molecular formula is C19H17ClN2O3. The predicted octanol–water partition coefficient (Wildman–Crippen LogP) is 5.00. The molecule has 0 bridgehead atoms. The average molecular weight is 357 g/mol. The highest BCUT2D eigenvalue weighted by molar-refractivity contribution is 6.31. The lowest BCUT2D eigenvalue weighted by molar-refractivity contribution is -0.115. The van der Waals surface area contributed by atoms with Gasteiger partial charge in [-0.3, -0.25) is 9.59 Å². The Labute approximate surface area is 150 Å². The van der Waals surface area contributed by atoms with Crippen molar-refractivity contribution in [2.24, 2.45) is 0 Å². The maximum Gasteiger partial charge on any atom is 0.291 e. The molecule has 0 saturated heterocycles. The number of benzene rings is 2. The van der Waals surface area contributed by atoms with Crippen LogP contribution in [0.3, 0.4) is 0 Å². The number of rotatable bonds is 4. The fourth-order valence-electron chi connectivity index (χ4n) is 2.52. The van der Waals surface area contributed by atoms with E-state index in [2.05, 4.69) is 10.6 Å². The first-order chi connectivity index (χ1) is 12.0. The maximum atomic E-state index is 12.6. The van der Waals surface area contributed by atoms with Gasteiger partial charge >= 0.3 is 0 Å². The summed E-state index contributed by atoms with van der Waals surface area (Å²) in [5.41, 5.74) is 2.52. The van der Waals surface area contributed by atoms with Crippen LogP contribution in [0.4, 0.5) is 11.4 Å². The quantitative estimate of drug-likeness (QED) is 0.691. The molecule has 3 aromatic rings. The molecule has 6 heteroatoms. The minimum absolute atomic E-state index is 0.0894. The van der Waals surface area contributed by atoms with Gasteiger partial charge in [-0.05, 0) is 43.3 Å². The summed E-state index contributed by atoms with van der Waals surface area (Å²) in [6.45, 7) is 3.59. The van der Waals surface area contributed by atoms with Gasteiger partial charge in [-0.1, -0.05) is 24.6 Å². The van der Waals surface area contributed by atoms with Crippen LogP contribution in [0.15, 0.2) is 46.9 Å². The molecule has 25 heavy (non-hydrogen) atoms. The summed E-state index contributed by atoms with van der Waals surface area (Å²) in [5, 5.41) is 6.94. The van der Waals surface area contributed by atoms with Gasteiger partial charge in [0.2, 0.25) is 5.91 Å². The Bertz CT molecular complexity index is 962. The van der Waals surface area contributed by atoms with Crippen LogP contribution in [0.1, 0.15) is 29.5 Å². The molecular weight excluding hydrogens is 340 g/mol. The molecule has 1 heterocycles. The lowest BCUT2D eigenvalue weighted by Crippen LogP contribution is -2.13. The van der Waals surface area contributed by atoms with Crippen molar-refractivity contribution in [1.82, 2.24) is 0 Å². The third-order valence-corrected chi connectivity index (χ3v) is 4.06. The van der Waals surface area contributed by atoms with Gasteiger partial charge in [-0.15, -0.1) is 0 Å². The zero-order chi connectivity index (χ0) is 18.0. The van der Waals surface area contributed by atoms with Crippen molar-refractivity contribution >= 4 is 45.8 Å². The summed E-state index contributed by atoms with van der Waals surface area (Å²) in [6, 6.07) is 12.2. The molecule has 128 valence electrons. The molecule has 0 saturated carbocycles. The van der Waals surface area contributed by atoms with E-state index < -0.39 is 0 Å². The zero-order valence-electron chi connectivity index (χ0n) is 13.9. The van der Waals surface area contributed by atoms with E-state index in [1.807, 2.05) is 6.92 Å². The number of hydrogen-bond acceptors (Lipinski definition) is 3. The Morgan fingerprint density at radius 1 is 1.08 bits per heavy atom. The molecule has 3 rings (SSSR count). The maximum absolute atomic E-state index is 12.6. The fourth-order valence-corrected chi connectivity index (χ4v) is 2.69. The number of furan rings is 1. The van der Waals surface area contributed by atoms with Crippen LogP contribution in [0.5, 0.6) is 0 Å². The lowest BCUT2D eigenvalue weighted by Gasteiger charge is -2.07. The summed E-state index contributed by atoms with van der Waals surface area (Å²) in [6.07, 6.45) is 0.386. The second kappa shape index (κ2) is 6.99. The Morgan fingerprint density at radius 3 is 2.52 bits per heavy atom. The number of carbonyl (C=O) groups excluding carboxylic acids is 2. The minimum atomic E-state index is -0.358. The van der Waals surface area contributed by atoms with E-state index in [0.29, 0.717) is 28.4 Å². The number of fused-ring (bicyclic) bond motifs is 1. The van der Waals surface area contributed by atoms with Gasteiger partial charge in [0, 0.05) is 33.8 Å². The summed E-state index contributed by atoms with van der Waals surface area (Å²) >= 11 is 6.00. The highest BCUT2D eigenvalue weighted by Gasteiger charge is 2.18. The molecule has 0 aliphatic rings. The number of carbonyl (C=O) groups is 2. The van der Waals surface area contributed by atoms with Gasteiger partial charge in [0.15, 0.2) is 5.76 Å². The van der Waals surface area contributed by atoms with E-state index in [4.69, 9.17) is 16.0 Å². The van der Waals surface area contributed by atoms with Crippen molar-refractivity contribution in [2.75, 3.05) is 10.6 Å². The molecule has 2 N–H and O–H groups in total. The van der Waals surface area contributed by atoms with E-state index in [1.54, 1.807) is 49.4 Å². The third-order valence-electron chi connectivity index (χ3n) is 3.83. The van der Waals surface area contributed by atoms with Crippen LogP contribution in [-0.4, -0.2) is 11.8 Å². The van der Waals surface area contributed by atoms with Crippen molar-refractivity contribution in [3.05, 3.63) is 58.8 Å². The summed E-state index contributed by atoms with van der Waals surface area (Å²) < 4.78 is 5.66. The van der Waals surface area contributed by atoms with Gasteiger partial charge in [-0.2, -0.15) is 0 Å². The summed E-state index contributed by atoms with van der Waals surface area (Å²) in [4.78, 5) is 24.0. The number of anilines is 2. The van der Waals surface area contributed by atoms with Crippen LogP contribution in [-0.2, 0) is 4.79 Å². The van der Waals surface area contributed by atoms with Crippen molar-refractivity contribution in [1.29, 1.82) is 0 Å². The number of halogens is 1. The third kappa shape index (κ3) is 3.67. The molecule has 0 atom stereocenters. The first kappa shape index (κ1) is 17.0. The second-order valence-corrected chi connectivity index (χ2v) is 6.07. The van der Waals surface area contributed by atoms with E-state index in [9.17, 15) is 9.59 Å². The second-order valence-electron chi connectivity index (χ2n) is 5.63. The van der Waals surface area contributed by atoms with Crippen molar-refractivity contribution in [3.63, 3.8) is 0 Å². The molecule has 2 amide bonds. The van der Waals surface area contributed by atoms with Gasteiger partial charge < -0.3 is 15.1 Å². The topological polar surface area (TPSA) is 71.3 Å². The van der Waals surface area contributed by atoms with Crippen LogP contribution >= 0.6 is 11.6 Å². The Hall–Kier alpha value is -2.79. The number of nitrogens with one attached hydrogen (secondary N) is 2. The molecule has 0 radical (unpaired) electrons. The monoisotopic (exact) mass is 356 g/mol.